The van der Waals surface area contributed by atoms with Gasteiger partial charge in [-0.05, 0) is 19.4 Å². The Morgan fingerprint density at radius 3 is 2.80 bits per heavy atom. The van der Waals surface area contributed by atoms with Gasteiger partial charge < -0.3 is 5.32 Å². The van der Waals surface area contributed by atoms with Crippen LogP contribution in [0, 0.1) is 17.0 Å². The predicted molar refractivity (Wildman–Crippen MR) is 75.1 cm³/mol. The molecule has 1 aromatic heterocycles. The van der Waals surface area contributed by atoms with Crippen molar-refractivity contribution >= 4 is 5.69 Å². The summed E-state index contributed by atoms with van der Waals surface area (Å²) in [6, 6.07) is 6.63. The minimum atomic E-state index is -0.389. The first-order chi connectivity index (χ1) is 9.58. The summed E-state index contributed by atoms with van der Waals surface area (Å²) in [6.07, 6.45) is 3.32. The molecule has 2 aromatic rings. The maximum absolute atomic E-state index is 10.7. The first kappa shape index (κ1) is 14.1. The Hall–Kier alpha value is -2.34. The fourth-order valence-corrected chi connectivity index (χ4v) is 1.99. The SMILES string of the molecule is Cc1nccnc1C(C)NCc1cccc([N+](=O)[O-])c1. The van der Waals surface area contributed by atoms with Crippen molar-refractivity contribution in [1.29, 1.82) is 0 Å². The molecule has 0 amide bonds. The Kier molecular flexibility index (Phi) is 4.37. The van der Waals surface area contributed by atoms with Gasteiger partial charge in [0.2, 0.25) is 0 Å². The van der Waals surface area contributed by atoms with Crippen LogP contribution in [0.2, 0.25) is 0 Å². The summed E-state index contributed by atoms with van der Waals surface area (Å²) in [5.74, 6) is 0. The third kappa shape index (κ3) is 3.36. The molecule has 1 unspecified atom stereocenters. The van der Waals surface area contributed by atoms with Crippen molar-refractivity contribution in [3.05, 3.63) is 63.7 Å². The number of aryl methyl sites for hydroxylation is 1. The average Bonchev–Trinajstić information content (AvgIpc) is 2.45. The van der Waals surface area contributed by atoms with Gasteiger partial charge in [-0.3, -0.25) is 20.1 Å². The van der Waals surface area contributed by atoms with E-state index in [0.717, 1.165) is 17.0 Å². The van der Waals surface area contributed by atoms with Crippen LogP contribution >= 0.6 is 0 Å². The molecule has 0 radical (unpaired) electrons. The molecule has 0 aliphatic rings. The van der Waals surface area contributed by atoms with Gasteiger partial charge in [0.1, 0.15) is 0 Å². The van der Waals surface area contributed by atoms with E-state index >= 15 is 0 Å². The number of nitrogens with one attached hydrogen (secondary N) is 1. The van der Waals surface area contributed by atoms with E-state index in [1.807, 2.05) is 19.9 Å². The largest absolute Gasteiger partial charge is 0.305 e. The Morgan fingerprint density at radius 1 is 1.35 bits per heavy atom. The highest BCUT2D eigenvalue weighted by molar-refractivity contribution is 5.34. The molecule has 2 rings (SSSR count). The third-order valence-electron chi connectivity index (χ3n) is 3.06. The molecule has 0 saturated carbocycles. The third-order valence-corrected chi connectivity index (χ3v) is 3.06. The molecule has 6 heteroatoms. The fourth-order valence-electron chi connectivity index (χ4n) is 1.99. The van der Waals surface area contributed by atoms with Crippen LogP contribution in [0.4, 0.5) is 5.69 Å². The van der Waals surface area contributed by atoms with Gasteiger partial charge in [0.05, 0.1) is 16.3 Å². The molecule has 0 spiro atoms. The van der Waals surface area contributed by atoms with Crippen molar-refractivity contribution < 1.29 is 4.92 Å². The lowest BCUT2D eigenvalue weighted by molar-refractivity contribution is -0.384. The number of rotatable bonds is 5. The van der Waals surface area contributed by atoms with Gasteiger partial charge in [-0.15, -0.1) is 0 Å². The number of non-ortho nitro benzene ring substituents is 1. The van der Waals surface area contributed by atoms with Crippen LogP contribution in [0.15, 0.2) is 36.7 Å². The molecular formula is C14H16N4O2. The van der Waals surface area contributed by atoms with Crippen molar-refractivity contribution in [2.24, 2.45) is 0 Å². The van der Waals surface area contributed by atoms with Crippen LogP contribution in [-0.2, 0) is 6.54 Å². The molecule has 1 N–H and O–H groups in total. The molecule has 1 heterocycles. The second kappa shape index (κ2) is 6.21. The summed E-state index contributed by atoms with van der Waals surface area (Å²) in [6.45, 7) is 4.45. The number of benzene rings is 1. The molecule has 0 saturated heterocycles. The van der Waals surface area contributed by atoms with E-state index in [1.165, 1.54) is 6.07 Å². The summed E-state index contributed by atoms with van der Waals surface area (Å²) in [7, 11) is 0. The van der Waals surface area contributed by atoms with E-state index in [1.54, 1.807) is 24.5 Å². The Labute approximate surface area is 117 Å². The van der Waals surface area contributed by atoms with Crippen molar-refractivity contribution in [3.63, 3.8) is 0 Å². The highest BCUT2D eigenvalue weighted by Gasteiger charge is 2.11. The minimum Gasteiger partial charge on any atom is -0.305 e. The predicted octanol–water partition coefficient (Wildman–Crippen LogP) is 2.54. The topological polar surface area (TPSA) is 81.0 Å². The lowest BCUT2D eigenvalue weighted by Gasteiger charge is -2.14. The highest BCUT2D eigenvalue weighted by atomic mass is 16.6. The maximum atomic E-state index is 10.7. The zero-order valence-corrected chi connectivity index (χ0v) is 11.4. The summed E-state index contributed by atoms with van der Waals surface area (Å²) in [5.41, 5.74) is 2.74. The van der Waals surface area contributed by atoms with Crippen LogP contribution in [0.5, 0.6) is 0 Å². The van der Waals surface area contributed by atoms with Gasteiger partial charge >= 0.3 is 0 Å². The Bertz CT molecular complexity index is 616. The molecule has 20 heavy (non-hydrogen) atoms. The molecular weight excluding hydrogens is 256 g/mol. The number of hydrogen-bond donors (Lipinski definition) is 1. The summed E-state index contributed by atoms with van der Waals surface area (Å²) < 4.78 is 0. The van der Waals surface area contributed by atoms with Crippen molar-refractivity contribution in [3.8, 4) is 0 Å². The van der Waals surface area contributed by atoms with E-state index in [2.05, 4.69) is 15.3 Å². The average molecular weight is 272 g/mol. The number of nitro groups is 1. The van der Waals surface area contributed by atoms with Crippen LogP contribution in [0.25, 0.3) is 0 Å². The van der Waals surface area contributed by atoms with Crippen LogP contribution in [0.3, 0.4) is 0 Å². The first-order valence-corrected chi connectivity index (χ1v) is 6.32. The van der Waals surface area contributed by atoms with Crippen molar-refractivity contribution in [1.82, 2.24) is 15.3 Å². The van der Waals surface area contributed by atoms with Gasteiger partial charge in [-0.2, -0.15) is 0 Å². The van der Waals surface area contributed by atoms with Crippen LogP contribution < -0.4 is 5.32 Å². The molecule has 0 aliphatic heterocycles. The molecule has 6 nitrogen and oxygen atoms in total. The Balaban J connectivity index is 2.04. The molecule has 1 atom stereocenters. The molecule has 0 fully saturated rings. The van der Waals surface area contributed by atoms with E-state index in [0.29, 0.717) is 6.54 Å². The standard InChI is InChI=1S/C14H16N4O2/c1-10-14(16-7-6-15-10)11(2)17-9-12-4-3-5-13(8-12)18(19)20/h3-8,11,17H,9H2,1-2H3. The number of nitro benzene ring substituents is 1. The van der Waals surface area contributed by atoms with Crippen molar-refractivity contribution in [2.75, 3.05) is 0 Å². The van der Waals surface area contributed by atoms with Crippen molar-refractivity contribution in [2.45, 2.75) is 26.4 Å². The smallest absolute Gasteiger partial charge is 0.269 e. The van der Waals surface area contributed by atoms with Gasteiger partial charge in [-0.1, -0.05) is 12.1 Å². The Morgan fingerprint density at radius 2 is 2.10 bits per heavy atom. The van der Waals surface area contributed by atoms with E-state index in [-0.39, 0.29) is 16.7 Å². The van der Waals surface area contributed by atoms with Crippen LogP contribution in [-0.4, -0.2) is 14.9 Å². The van der Waals surface area contributed by atoms with E-state index in [4.69, 9.17) is 0 Å². The monoisotopic (exact) mass is 272 g/mol. The summed E-state index contributed by atoms with van der Waals surface area (Å²) >= 11 is 0. The maximum Gasteiger partial charge on any atom is 0.269 e. The van der Waals surface area contributed by atoms with E-state index in [9.17, 15) is 10.1 Å². The summed E-state index contributed by atoms with van der Waals surface area (Å²) in [4.78, 5) is 18.8. The quantitative estimate of drug-likeness (QED) is 0.668. The fraction of sp³-hybridized carbons (Fsp3) is 0.286. The normalized spacial score (nSPS) is 12.1. The minimum absolute atomic E-state index is 0.0305. The number of hydrogen-bond acceptors (Lipinski definition) is 5. The van der Waals surface area contributed by atoms with Gasteiger partial charge in [-0.25, -0.2) is 0 Å². The zero-order chi connectivity index (χ0) is 14.5. The first-order valence-electron chi connectivity index (χ1n) is 6.32. The molecule has 0 bridgehead atoms. The second-order valence-corrected chi connectivity index (χ2v) is 4.56. The van der Waals surface area contributed by atoms with Crippen LogP contribution in [0.1, 0.15) is 29.9 Å². The molecule has 104 valence electrons. The second-order valence-electron chi connectivity index (χ2n) is 4.56. The molecule has 1 aromatic carbocycles. The van der Waals surface area contributed by atoms with Gasteiger partial charge in [0, 0.05) is 37.1 Å². The lowest BCUT2D eigenvalue weighted by Crippen LogP contribution is -2.20. The zero-order valence-electron chi connectivity index (χ0n) is 11.4. The lowest BCUT2D eigenvalue weighted by atomic mass is 10.1. The number of aromatic nitrogens is 2. The molecule has 0 aliphatic carbocycles. The van der Waals surface area contributed by atoms with E-state index < -0.39 is 0 Å². The highest BCUT2D eigenvalue weighted by Crippen LogP contribution is 2.15. The van der Waals surface area contributed by atoms with Gasteiger partial charge in [0.15, 0.2) is 0 Å². The summed E-state index contributed by atoms with van der Waals surface area (Å²) in [5, 5.41) is 14.0. The number of nitrogens with zero attached hydrogens (tertiary/aromatic N) is 3. The van der Waals surface area contributed by atoms with Gasteiger partial charge in [0.25, 0.3) is 5.69 Å².